The van der Waals surface area contributed by atoms with Gasteiger partial charge in [-0.1, -0.05) is 218 Å². The van der Waals surface area contributed by atoms with Crippen LogP contribution in [-0.2, 0) is 0 Å². The minimum atomic E-state index is 1.12. The first kappa shape index (κ1) is 43.6. The summed E-state index contributed by atoms with van der Waals surface area (Å²) < 4.78 is 2.36. The van der Waals surface area contributed by atoms with Crippen molar-refractivity contribution >= 4 is 38.9 Å². The normalized spacial score (nSPS) is 11.0. The number of hydrogen-bond acceptors (Lipinski definition) is 1. The van der Waals surface area contributed by atoms with Gasteiger partial charge in [0.05, 0.1) is 11.0 Å². The molecule has 1 heterocycles. The predicted octanol–water partition coefficient (Wildman–Crippen LogP) is 18.9. The lowest BCUT2D eigenvalue weighted by atomic mass is 9.96. The number of hydrogen-bond donors (Lipinski definition) is 0. The second kappa shape index (κ2) is 19.7. The highest BCUT2D eigenvalue weighted by Gasteiger charge is 2.15. The lowest BCUT2D eigenvalue weighted by molar-refractivity contribution is 1.18. The molecule has 0 radical (unpaired) electrons. The summed E-state index contributed by atoms with van der Waals surface area (Å²) in [4.78, 5) is 2.33. The fourth-order valence-corrected chi connectivity index (χ4v) is 9.56. The Labute approximate surface area is 411 Å². The molecule has 2 nitrogen and oxygen atoms in total. The molecular weight excluding hydrogens is 845 g/mol. The molecule has 2 heteroatoms. The van der Waals surface area contributed by atoms with E-state index < -0.39 is 0 Å². The average molecular weight is 897 g/mol. The van der Waals surface area contributed by atoms with E-state index in [1.807, 2.05) is 18.2 Å². The van der Waals surface area contributed by atoms with Crippen LogP contribution in [0.15, 0.2) is 279 Å². The van der Waals surface area contributed by atoms with Gasteiger partial charge in [0.25, 0.3) is 0 Å². The Morgan fingerprint density at radius 2 is 0.614 bits per heavy atom. The molecule has 1 aromatic heterocycles. The van der Waals surface area contributed by atoms with Gasteiger partial charge in [0.15, 0.2) is 0 Å². The van der Waals surface area contributed by atoms with Gasteiger partial charge in [-0.3, -0.25) is 0 Å². The van der Waals surface area contributed by atoms with E-state index in [-0.39, 0.29) is 0 Å². The van der Waals surface area contributed by atoms with Gasteiger partial charge in [-0.15, -0.1) is 0 Å². The first-order valence-electron chi connectivity index (χ1n) is 24.1. The number of benzene rings is 11. The number of fused-ring (bicyclic) bond motifs is 3. The van der Waals surface area contributed by atoms with E-state index in [1.165, 1.54) is 94.3 Å². The average Bonchev–Trinajstić information content (AvgIpc) is 3.76. The zero-order valence-electron chi connectivity index (χ0n) is 39.5. The maximum Gasteiger partial charge on any atom is 0.0541 e. The van der Waals surface area contributed by atoms with Crippen LogP contribution in [0.2, 0.25) is 0 Å². The van der Waals surface area contributed by atoms with E-state index in [4.69, 9.17) is 0 Å². The van der Waals surface area contributed by atoms with Crippen LogP contribution in [0.25, 0.3) is 83.1 Å². The quantitative estimate of drug-likeness (QED) is 0.140. The van der Waals surface area contributed by atoms with Crippen molar-refractivity contribution < 1.29 is 0 Å². The SMILES string of the molecule is Cc1cccc(N(c2ccc(-c3ccccc3)cc2)c2ccc(-c3ccc(-c4ccc(-c5ccc(-c6ccc7c(c6)c6ccccc6n7-c6ccccc6)cc5)cc4)cc3)cc2)c1.Cc1ccccc1. The first-order chi connectivity index (χ1) is 34.5. The van der Waals surface area contributed by atoms with Crippen LogP contribution < -0.4 is 4.90 Å². The standard InChI is InChI=1S/C61H44N2.C7H8/c1-43-11-10-16-57(41-43)62(55-36-31-50(32-37-55)44-12-4-2-5-13-44)56-38-33-51(34-39-56)49-25-23-46(24-26-49)45-19-21-47(22-20-45)48-27-29-52(30-28-48)53-35-40-61-59(42-53)58-17-8-9-18-60(58)63(61)54-14-6-3-7-15-54;1-7-5-3-2-4-6-7/h2-42H,1H3;2-6H,1H3. The van der Waals surface area contributed by atoms with Crippen molar-refractivity contribution in [1.29, 1.82) is 0 Å². The number of para-hydroxylation sites is 2. The van der Waals surface area contributed by atoms with Crippen LogP contribution in [0.3, 0.4) is 0 Å². The van der Waals surface area contributed by atoms with Crippen LogP contribution in [0.4, 0.5) is 17.1 Å². The zero-order valence-corrected chi connectivity index (χ0v) is 39.5. The molecule has 0 unspecified atom stereocenters. The summed E-state index contributed by atoms with van der Waals surface area (Å²) >= 11 is 0. The highest BCUT2D eigenvalue weighted by Crippen LogP contribution is 2.39. The lowest BCUT2D eigenvalue weighted by Gasteiger charge is -2.26. The van der Waals surface area contributed by atoms with Gasteiger partial charge >= 0.3 is 0 Å². The summed E-state index contributed by atoms with van der Waals surface area (Å²) in [5.74, 6) is 0. The second-order valence-corrected chi connectivity index (χ2v) is 17.9. The van der Waals surface area contributed by atoms with E-state index >= 15 is 0 Å². The van der Waals surface area contributed by atoms with E-state index in [2.05, 4.69) is 284 Å². The minimum absolute atomic E-state index is 1.12. The molecule has 0 amide bonds. The fraction of sp³-hybridized carbons (Fsp3) is 0.0294. The van der Waals surface area contributed by atoms with Gasteiger partial charge in [0.2, 0.25) is 0 Å². The van der Waals surface area contributed by atoms with Crippen LogP contribution in [0.5, 0.6) is 0 Å². The summed E-state index contributed by atoms with van der Waals surface area (Å²) in [6.45, 7) is 4.23. The smallest absolute Gasteiger partial charge is 0.0541 e. The molecule has 0 aliphatic rings. The Hall–Kier alpha value is -8.98. The number of nitrogens with zero attached hydrogens (tertiary/aromatic N) is 2. The Morgan fingerprint density at radius 3 is 1.09 bits per heavy atom. The minimum Gasteiger partial charge on any atom is -0.310 e. The highest BCUT2D eigenvalue weighted by atomic mass is 15.1. The van der Waals surface area contributed by atoms with Crippen molar-refractivity contribution in [2.24, 2.45) is 0 Å². The van der Waals surface area contributed by atoms with Gasteiger partial charge in [0.1, 0.15) is 0 Å². The first-order valence-corrected chi connectivity index (χ1v) is 24.1. The number of anilines is 3. The lowest BCUT2D eigenvalue weighted by Crippen LogP contribution is -2.10. The Balaban J connectivity index is 0.000000703. The number of aryl methyl sites for hydroxylation is 2. The summed E-state index contributed by atoms with van der Waals surface area (Å²) in [7, 11) is 0. The van der Waals surface area contributed by atoms with Gasteiger partial charge in [-0.05, 0) is 142 Å². The summed E-state index contributed by atoms with van der Waals surface area (Å²) in [6, 6.07) is 100. The Morgan fingerprint density at radius 1 is 0.243 bits per heavy atom. The zero-order chi connectivity index (χ0) is 47.2. The van der Waals surface area contributed by atoms with E-state index in [0.29, 0.717) is 0 Å². The molecule has 12 aromatic rings. The van der Waals surface area contributed by atoms with Crippen LogP contribution >= 0.6 is 0 Å². The molecule has 11 aromatic carbocycles. The van der Waals surface area contributed by atoms with Crippen molar-refractivity contribution in [2.45, 2.75) is 13.8 Å². The molecule has 0 saturated heterocycles. The molecule has 0 bridgehead atoms. The topological polar surface area (TPSA) is 8.17 Å². The van der Waals surface area contributed by atoms with Gasteiger partial charge < -0.3 is 9.47 Å². The maximum absolute atomic E-state index is 2.36. The predicted molar refractivity (Wildman–Crippen MR) is 299 cm³/mol. The van der Waals surface area contributed by atoms with Crippen LogP contribution in [-0.4, -0.2) is 4.57 Å². The van der Waals surface area contributed by atoms with Crippen molar-refractivity contribution in [3.05, 3.63) is 290 Å². The summed E-state index contributed by atoms with van der Waals surface area (Å²) in [6.07, 6.45) is 0. The Bertz CT molecular complexity index is 3650. The molecule has 0 N–H and O–H groups in total. The largest absolute Gasteiger partial charge is 0.310 e. The second-order valence-electron chi connectivity index (χ2n) is 17.9. The van der Waals surface area contributed by atoms with Gasteiger partial charge in [-0.25, -0.2) is 0 Å². The van der Waals surface area contributed by atoms with E-state index in [9.17, 15) is 0 Å². The molecule has 0 spiro atoms. The third-order valence-corrected chi connectivity index (χ3v) is 13.2. The fourth-order valence-electron chi connectivity index (χ4n) is 9.56. The molecule has 0 atom stereocenters. The molecule has 12 rings (SSSR count). The highest BCUT2D eigenvalue weighted by molar-refractivity contribution is 6.10. The van der Waals surface area contributed by atoms with Crippen molar-refractivity contribution in [3.8, 4) is 61.3 Å². The molecule has 334 valence electrons. The summed E-state index contributed by atoms with van der Waals surface area (Å²) in [5.41, 5.74) is 21.6. The molecule has 0 fully saturated rings. The van der Waals surface area contributed by atoms with Crippen LogP contribution in [0.1, 0.15) is 11.1 Å². The summed E-state index contributed by atoms with van der Waals surface area (Å²) in [5, 5.41) is 2.53. The van der Waals surface area contributed by atoms with Crippen molar-refractivity contribution in [3.63, 3.8) is 0 Å². The molecule has 70 heavy (non-hydrogen) atoms. The van der Waals surface area contributed by atoms with E-state index in [1.54, 1.807) is 0 Å². The third kappa shape index (κ3) is 9.19. The van der Waals surface area contributed by atoms with Gasteiger partial charge in [-0.2, -0.15) is 0 Å². The van der Waals surface area contributed by atoms with Crippen molar-refractivity contribution in [2.75, 3.05) is 4.90 Å². The molecular formula is C68H52N2. The van der Waals surface area contributed by atoms with Crippen LogP contribution in [0, 0.1) is 13.8 Å². The number of aromatic nitrogens is 1. The van der Waals surface area contributed by atoms with E-state index in [0.717, 1.165) is 17.1 Å². The molecule has 0 saturated carbocycles. The van der Waals surface area contributed by atoms with Gasteiger partial charge in [0, 0.05) is 33.5 Å². The Kier molecular flexibility index (Phi) is 12.3. The molecule has 0 aliphatic heterocycles. The number of rotatable bonds is 9. The third-order valence-electron chi connectivity index (χ3n) is 13.2. The van der Waals surface area contributed by atoms with Crippen molar-refractivity contribution in [1.82, 2.24) is 4.57 Å². The molecule has 0 aliphatic carbocycles. The monoisotopic (exact) mass is 896 g/mol. The maximum atomic E-state index is 2.36.